The van der Waals surface area contributed by atoms with Gasteiger partial charge in [-0.15, -0.1) is 11.3 Å². The molecule has 0 saturated heterocycles. The van der Waals surface area contributed by atoms with Crippen molar-refractivity contribution >= 4 is 38.6 Å². The van der Waals surface area contributed by atoms with Crippen molar-refractivity contribution < 1.29 is 8.42 Å². The predicted molar refractivity (Wildman–Crippen MR) is 103 cm³/mol. The average molecular weight is 384 g/mol. The molecule has 0 radical (unpaired) electrons. The van der Waals surface area contributed by atoms with Gasteiger partial charge in [-0.25, -0.2) is 13.4 Å². The summed E-state index contributed by atoms with van der Waals surface area (Å²) in [7, 11) is -3.63. The number of nitriles is 1. The van der Waals surface area contributed by atoms with Crippen molar-refractivity contribution in [3.63, 3.8) is 0 Å². The lowest BCUT2D eigenvalue weighted by atomic mass is 10.2. The number of hydrogen-bond donors (Lipinski definition) is 2. The lowest BCUT2D eigenvalue weighted by molar-refractivity contribution is 0.603. The molecule has 26 heavy (non-hydrogen) atoms. The van der Waals surface area contributed by atoms with Crippen molar-refractivity contribution in [1.29, 1.82) is 5.26 Å². The summed E-state index contributed by atoms with van der Waals surface area (Å²) in [5, 5.41) is 11.9. The number of benzene rings is 1. The third-order valence-electron chi connectivity index (χ3n) is 3.56. The van der Waals surface area contributed by atoms with Crippen molar-refractivity contribution in [3.8, 4) is 6.07 Å². The number of pyridine rings is 1. The fraction of sp³-hybridized carbons (Fsp3) is 0.111. The highest BCUT2D eigenvalue weighted by atomic mass is 32.2. The molecule has 0 amide bonds. The highest BCUT2D eigenvalue weighted by Gasteiger charge is 2.17. The Morgan fingerprint density at radius 3 is 2.38 bits per heavy atom. The zero-order chi connectivity index (χ0) is 18.6. The van der Waals surface area contributed by atoms with Crippen molar-refractivity contribution in [2.24, 2.45) is 0 Å². The number of sulfonamides is 1. The Morgan fingerprint density at radius 2 is 1.81 bits per heavy atom. The number of anilines is 3. The number of hydrogen-bond acceptors (Lipinski definition) is 6. The summed E-state index contributed by atoms with van der Waals surface area (Å²) in [5.74, 6) is 0.252. The van der Waals surface area contributed by atoms with Gasteiger partial charge in [0.15, 0.2) is 0 Å². The molecule has 2 N–H and O–H groups in total. The van der Waals surface area contributed by atoms with Crippen LogP contribution in [0.3, 0.4) is 0 Å². The first-order chi connectivity index (χ1) is 12.5. The molecule has 2 heterocycles. The predicted octanol–water partition coefficient (Wildman–Crippen LogP) is 4.12. The molecule has 0 fully saturated rings. The summed E-state index contributed by atoms with van der Waals surface area (Å²) >= 11 is 1.25. The van der Waals surface area contributed by atoms with E-state index in [9.17, 15) is 8.42 Å². The van der Waals surface area contributed by atoms with E-state index in [1.165, 1.54) is 11.3 Å². The van der Waals surface area contributed by atoms with Crippen molar-refractivity contribution in [2.45, 2.75) is 17.6 Å². The Kier molecular flexibility index (Phi) is 5.21. The van der Waals surface area contributed by atoms with Gasteiger partial charge in [0.1, 0.15) is 10.0 Å². The van der Waals surface area contributed by atoms with Gasteiger partial charge in [-0.2, -0.15) is 5.26 Å². The van der Waals surface area contributed by atoms with E-state index in [4.69, 9.17) is 5.26 Å². The van der Waals surface area contributed by atoms with Crippen LogP contribution in [-0.4, -0.2) is 13.4 Å². The van der Waals surface area contributed by atoms with E-state index in [0.29, 0.717) is 11.3 Å². The molecule has 0 atom stereocenters. The van der Waals surface area contributed by atoms with Crippen LogP contribution in [0, 0.1) is 11.3 Å². The highest BCUT2D eigenvalue weighted by Crippen LogP contribution is 2.24. The molecular formula is C18H16N4O2S2. The molecule has 6 nitrogen and oxygen atoms in total. The Hall–Kier alpha value is -2.89. The maximum atomic E-state index is 12.4. The minimum absolute atomic E-state index is 0.252. The molecule has 1 aromatic carbocycles. The summed E-state index contributed by atoms with van der Waals surface area (Å²) in [6.45, 7) is 1.98. The van der Waals surface area contributed by atoms with Gasteiger partial charge in [-0.3, -0.25) is 4.72 Å². The quantitative estimate of drug-likeness (QED) is 0.666. The zero-order valence-corrected chi connectivity index (χ0v) is 15.6. The number of rotatable bonds is 6. The molecule has 0 aliphatic heterocycles. The van der Waals surface area contributed by atoms with Crippen LogP contribution in [0.25, 0.3) is 0 Å². The van der Waals surface area contributed by atoms with Gasteiger partial charge in [0.2, 0.25) is 0 Å². The summed E-state index contributed by atoms with van der Waals surface area (Å²) < 4.78 is 27.5. The van der Waals surface area contributed by atoms with Gasteiger partial charge < -0.3 is 5.32 Å². The molecule has 3 rings (SSSR count). The van der Waals surface area contributed by atoms with E-state index < -0.39 is 10.0 Å². The van der Waals surface area contributed by atoms with Crippen LogP contribution in [0.15, 0.2) is 58.9 Å². The molecular weight excluding hydrogens is 368 g/mol. The summed E-state index contributed by atoms with van der Waals surface area (Å²) in [4.78, 5) is 5.16. The molecule has 0 bridgehead atoms. The second kappa shape index (κ2) is 7.56. The Balaban J connectivity index is 1.69. The van der Waals surface area contributed by atoms with E-state index in [2.05, 4.69) is 21.1 Å². The van der Waals surface area contributed by atoms with E-state index in [1.54, 1.807) is 48.7 Å². The molecule has 3 aromatic rings. The van der Waals surface area contributed by atoms with Gasteiger partial charge in [0.25, 0.3) is 10.0 Å². The third kappa shape index (κ3) is 4.20. The largest absolute Gasteiger partial charge is 0.354 e. The fourth-order valence-electron chi connectivity index (χ4n) is 2.20. The van der Waals surface area contributed by atoms with Gasteiger partial charge in [0.05, 0.1) is 23.5 Å². The van der Waals surface area contributed by atoms with Gasteiger partial charge in [-0.05, 0) is 55.0 Å². The molecule has 2 aromatic heterocycles. The molecule has 8 heteroatoms. The van der Waals surface area contributed by atoms with Gasteiger partial charge >= 0.3 is 0 Å². The molecule has 132 valence electrons. The minimum atomic E-state index is -3.63. The third-order valence-corrected chi connectivity index (χ3v) is 6.63. The van der Waals surface area contributed by atoms with Crippen molar-refractivity contribution in [3.05, 3.63) is 65.2 Å². The molecule has 0 spiro atoms. The fourth-order valence-corrected chi connectivity index (χ4v) is 4.51. The summed E-state index contributed by atoms with van der Waals surface area (Å²) in [6, 6.07) is 15.8. The standard InChI is InChI=1S/C18H16N4O2S2/c1-2-16-8-10-18(25-16)26(23,24)22-17-9-7-15(12-20-17)21-14-5-3-13(11-19)4-6-14/h3-10,12,21H,2H2,1H3,(H,20,22). The average Bonchev–Trinajstić information content (AvgIpc) is 3.14. The van der Waals surface area contributed by atoms with E-state index in [0.717, 1.165) is 17.0 Å². The maximum absolute atomic E-state index is 12.4. The molecule has 0 unspecified atom stereocenters. The SMILES string of the molecule is CCc1ccc(S(=O)(=O)Nc2ccc(Nc3ccc(C#N)cc3)cn2)s1. The topological polar surface area (TPSA) is 94.9 Å². The Labute approximate surface area is 156 Å². The maximum Gasteiger partial charge on any atom is 0.272 e. The van der Waals surface area contributed by atoms with E-state index in [1.807, 2.05) is 13.0 Å². The Bertz CT molecular complexity index is 1030. The van der Waals surface area contributed by atoms with Crippen LogP contribution in [0.2, 0.25) is 0 Å². The van der Waals surface area contributed by atoms with Gasteiger partial charge in [-0.1, -0.05) is 6.92 Å². The van der Waals surface area contributed by atoms with Crippen molar-refractivity contribution in [2.75, 3.05) is 10.0 Å². The first-order valence-electron chi connectivity index (χ1n) is 7.85. The molecule has 0 saturated carbocycles. The number of thiophene rings is 1. The van der Waals surface area contributed by atoms with Gasteiger partial charge in [0, 0.05) is 10.6 Å². The zero-order valence-electron chi connectivity index (χ0n) is 13.9. The van der Waals surface area contributed by atoms with Crippen LogP contribution < -0.4 is 10.0 Å². The summed E-state index contributed by atoms with van der Waals surface area (Å²) in [5.41, 5.74) is 2.10. The van der Waals surface area contributed by atoms with Crippen molar-refractivity contribution in [1.82, 2.24) is 4.98 Å². The first kappa shape index (κ1) is 17.9. The molecule has 0 aliphatic rings. The van der Waals surface area contributed by atoms with Crippen LogP contribution in [0.1, 0.15) is 17.4 Å². The number of aromatic nitrogens is 1. The lowest BCUT2D eigenvalue weighted by Gasteiger charge is -2.08. The van der Waals surface area contributed by atoms with Crippen LogP contribution >= 0.6 is 11.3 Å². The van der Waals surface area contributed by atoms with Crippen LogP contribution in [0.4, 0.5) is 17.2 Å². The lowest BCUT2D eigenvalue weighted by Crippen LogP contribution is -2.12. The van der Waals surface area contributed by atoms with Crippen LogP contribution in [-0.2, 0) is 16.4 Å². The van der Waals surface area contributed by atoms with E-state index >= 15 is 0 Å². The minimum Gasteiger partial charge on any atom is -0.354 e. The highest BCUT2D eigenvalue weighted by molar-refractivity contribution is 7.94. The second-order valence-corrected chi connectivity index (χ2v) is 8.50. The first-order valence-corrected chi connectivity index (χ1v) is 10.1. The smallest absolute Gasteiger partial charge is 0.272 e. The molecule has 0 aliphatic carbocycles. The normalized spacial score (nSPS) is 10.9. The number of aryl methyl sites for hydroxylation is 1. The Morgan fingerprint density at radius 1 is 1.08 bits per heavy atom. The van der Waals surface area contributed by atoms with E-state index in [-0.39, 0.29) is 10.0 Å². The monoisotopic (exact) mass is 384 g/mol. The summed E-state index contributed by atoms with van der Waals surface area (Å²) in [6.07, 6.45) is 2.34. The number of nitrogens with zero attached hydrogens (tertiary/aromatic N) is 2. The van der Waals surface area contributed by atoms with Crippen LogP contribution in [0.5, 0.6) is 0 Å². The number of nitrogens with one attached hydrogen (secondary N) is 2. The second-order valence-electron chi connectivity index (χ2n) is 5.43.